The lowest BCUT2D eigenvalue weighted by Gasteiger charge is -1.80. The molecule has 0 saturated carbocycles. The average molecular weight is 168 g/mol. The fourth-order valence-corrected chi connectivity index (χ4v) is 0.686. The van der Waals surface area contributed by atoms with Crippen LogP contribution in [0.15, 0.2) is 36.0 Å². The predicted molar refractivity (Wildman–Crippen MR) is 47.3 cm³/mol. The van der Waals surface area contributed by atoms with Crippen LogP contribution in [0.4, 0.5) is 4.79 Å². The Morgan fingerprint density at radius 3 is 2.58 bits per heavy atom. The summed E-state index contributed by atoms with van der Waals surface area (Å²) in [5.41, 5.74) is 1.33. The third-order valence-electron chi connectivity index (χ3n) is 1.15. The zero-order valence-electron chi connectivity index (χ0n) is 6.90. The molecule has 0 saturated heterocycles. The standard InChI is InChI=1S/C8H10.CH2O3/c1-8-6-4-2-3-5-7-8;2-1(3)4/h2,4-7H,3H2,1H3;(H2,2,3,4). The number of carbonyl (C=O) groups is 1. The maximum atomic E-state index is 8.56. The van der Waals surface area contributed by atoms with E-state index in [4.69, 9.17) is 15.0 Å². The van der Waals surface area contributed by atoms with Crippen molar-refractivity contribution in [1.82, 2.24) is 0 Å². The lowest BCUT2D eigenvalue weighted by molar-refractivity contribution is 0.137. The highest BCUT2D eigenvalue weighted by Crippen LogP contribution is 2.01. The van der Waals surface area contributed by atoms with E-state index in [0.29, 0.717) is 0 Å². The Bertz CT molecular complexity index is 220. The molecule has 0 aromatic rings. The van der Waals surface area contributed by atoms with Crippen LogP contribution in [-0.2, 0) is 0 Å². The van der Waals surface area contributed by atoms with Gasteiger partial charge in [-0.3, -0.25) is 0 Å². The SMILES string of the molecule is CC1=CC=CCC=C1.O=C(O)O. The van der Waals surface area contributed by atoms with Crippen LogP contribution >= 0.6 is 0 Å². The van der Waals surface area contributed by atoms with Gasteiger partial charge in [-0.1, -0.05) is 36.0 Å². The predicted octanol–water partition coefficient (Wildman–Crippen LogP) is 2.67. The first-order valence-corrected chi connectivity index (χ1v) is 3.55. The molecular weight excluding hydrogens is 156 g/mol. The van der Waals surface area contributed by atoms with Gasteiger partial charge in [0.2, 0.25) is 0 Å². The van der Waals surface area contributed by atoms with Gasteiger partial charge in [0.05, 0.1) is 0 Å². The van der Waals surface area contributed by atoms with E-state index in [1.165, 1.54) is 5.57 Å². The average Bonchev–Trinajstić information content (AvgIpc) is 2.14. The molecule has 2 N–H and O–H groups in total. The maximum absolute atomic E-state index is 8.56. The van der Waals surface area contributed by atoms with E-state index in [2.05, 4.69) is 37.3 Å². The lowest BCUT2D eigenvalue weighted by Crippen LogP contribution is -1.81. The van der Waals surface area contributed by atoms with Crippen molar-refractivity contribution >= 4 is 6.16 Å². The molecular formula is C9H12O3. The van der Waals surface area contributed by atoms with Crippen LogP contribution in [0.25, 0.3) is 0 Å². The van der Waals surface area contributed by atoms with Crippen LogP contribution in [0.1, 0.15) is 13.3 Å². The Kier molecular flexibility index (Phi) is 5.43. The monoisotopic (exact) mass is 168 g/mol. The van der Waals surface area contributed by atoms with Crippen LogP contribution in [0.5, 0.6) is 0 Å². The minimum atomic E-state index is -1.83. The van der Waals surface area contributed by atoms with Gasteiger partial charge < -0.3 is 10.2 Å². The fourth-order valence-electron chi connectivity index (χ4n) is 0.686. The van der Waals surface area contributed by atoms with E-state index in [0.717, 1.165) is 6.42 Å². The summed E-state index contributed by atoms with van der Waals surface area (Å²) < 4.78 is 0. The van der Waals surface area contributed by atoms with Crippen molar-refractivity contribution < 1.29 is 15.0 Å². The lowest BCUT2D eigenvalue weighted by atomic mass is 10.3. The number of hydrogen-bond donors (Lipinski definition) is 2. The van der Waals surface area contributed by atoms with Gasteiger partial charge in [-0.2, -0.15) is 0 Å². The second-order valence-corrected chi connectivity index (χ2v) is 2.26. The molecule has 0 spiro atoms. The first kappa shape index (κ1) is 10.5. The third kappa shape index (κ3) is 8.49. The zero-order chi connectivity index (χ0) is 9.40. The molecule has 1 aliphatic carbocycles. The van der Waals surface area contributed by atoms with E-state index >= 15 is 0 Å². The summed E-state index contributed by atoms with van der Waals surface area (Å²) in [5.74, 6) is 0. The second-order valence-electron chi connectivity index (χ2n) is 2.26. The normalized spacial score (nSPS) is 13.9. The van der Waals surface area contributed by atoms with E-state index in [9.17, 15) is 0 Å². The first-order valence-electron chi connectivity index (χ1n) is 3.55. The highest BCUT2D eigenvalue weighted by molar-refractivity contribution is 5.53. The van der Waals surface area contributed by atoms with E-state index in [-0.39, 0.29) is 0 Å². The minimum absolute atomic E-state index is 1.08. The van der Waals surface area contributed by atoms with Crippen molar-refractivity contribution in [3.8, 4) is 0 Å². The van der Waals surface area contributed by atoms with Crippen LogP contribution < -0.4 is 0 Å². The van der Waals surface area contributed by atoms with Crippen LogP contribution in [0.3, 0.4) is 0 Å². The Labute approximate surface area is 71.3 Å². The molecule has 0 amide bonds. The summed E-state index contributed by atoms with van der Waals surface area (Å²) in [7, 11) is 0. The first-order chi connectivity index (χ1) is 5.63. The molecule has 0 aliphatic heterocycles. The van der Waals surface area contributed by atoms with Crippen molar-refractivity contribution in [3.05, 3.63) is 36.0 Å². The largest absolute Gasteiger partial charge is 0.503 e. The summed E-state index contributed by atoms with van der Waals surface area (Å²) in [4.78, 5) is 8.56. The molecule has 0 fully saturated rings. The van der Waals surface area contributed by atoms with E-state index in [1.54, 1.807) is 0 Å². The van der Waals surface area contributed by atoms with E-state index in [1.807, 2.05) is 0 Å². The summed E-state index contributed by atoms with van der Waals surface area (Å²) in [6.07, 6.45) is 9.90. The summed E-state index contributed by atoms with van der Waals surface area (Å²) in [6, 6.07) is 0. The molecule has 3 heteroatoms. The molecule has 0 atom stereocenters. The van der Waals surface area contributed by atoms with E-state index < -0.39 is 6.16 Å². The van der Waals surface area contributed by atoms with Crippen LogP contribution in [0, 0.1) is 0 Å². The smallest absolute Gasteiger partial charge is 0.450 e. The highest BCUT2D eigenvalue weighted by atomic mass is 16.6. The van der Waals surface area contributed by atoms with Crippen LogP contribution in [0.2, 0.25) is 0 Å². The van der Waals surface area contributed by atoms with Crippen molar-refractivity contribution in [2.75, 3.05) is 0 Å². The van der Waals surface area contributed by atoms with Crippen molar-refractivity contribution in [3.63, 3.8) is 0 Å². The fraction of sp³-hybridized carbons (Fsp3) is 0.222. The Morgan fingerprint density at radius 1 is 1.42 bits per heavy atom. The third-order valence-corrected chi connectivity index (χ3v) is 1.15. The molecule has 0 heterocycles. The van der Waals surface area contributed by atoms with Gasteiger partial charge in [0, 0.05) is 0 Å². The minimum Gasteiger partial charge on any atom is -0.450 e. The van der Waals surface area contributed by atoms with Gasteiger partial charge >= 0.3 is 6.16 Å². The Balaban J connectivity index is 0.000000261. The summed E-state index contributed by atoms with van der Waals surface area (Å²) in [5, 5.41) is 13.9. The van der Waals surface area contributed by atoms with Crippen molar-refractivity contribution in [1.29, 1.82) is 0 Å². The molecule has 0 unspecified atom stereocenters. The van der Waals surface area contributed by atoms with Gasteiger partial charge in [-0.25, -0.2) is 4.79 Å². The molecule has 3 nitrogen and oxygen atoms in total. The number of carboxylic acid groups (broad SMARTS) is 2. The maximum Gasteiger partial charge on any atom is 0.503 e. The van der Waals surface area contributed by atoms with Gasteiger partial charge in [-0.05, 0) is 13.3 Å². The number of rotatable bonds is 0. The van der Waals surface area contributed by atoms with Gasteiger partial charge in [0.25, 0.3) is 0 Å². The molecule has 0 radical (unpaired) electrons. The van der Waals surface area contributed by atoms with Gasteiger partial charge in [-0.15, -0.1) is 0 Å². The molecule has 1 aliphatic rings. The highest BCUT2D eigenvalue weighted by Gasteiger charge is 1.80. The molecule has 0 aromatic heterocycles. The number of allylic oxidation sites excluding steroid dienone is 6. The number of hydrogen-bond acceptors (Lipinski definition) is 1. The van der Waals surface area contributed by atoms with Gasteiger partial charge in [0.15, 0.2) is 0 Å². The Morgan fingerprint density at radius 2 is 2.00 bits per heavy atom. The van der Waals surface area contributed by atoms with Crippen molar-refractivity contribution in [2.24, 2.45) is 0 Å². The molecule has 0 bridgehead atoms. The quantitative estimate of drug-likeness (QED) is 0.584. The topological polar surface area (TPSA) is 57.5 Å². The second kappa shape index (κ2) is 6.22. The molecule has 66 valence electrons. The molecule has 12 heavy (non-hydrogen) atoms. The van der Waals surface area contributed by atoms with Gasteiger partial charge in [0.1, 0.15) is 0 Å². The Hall–Kier alpha value is -1.51. The van der Waals surface area contributed by atoms with Crippen LogP contribution in [-0.4, -0.2) is 16.4 Å². The summed E-state index contributed by atoms with van der Waals surface area (Å²) >= 11 is 0. The summed E-state index contributed by atoms with van der Waals surface area (Å²) in [6.45, 7) is 2.10. The van der Waals surface area contributed by atoms with Crippen molar-refractivity contribution in [2.45, 2.75) is 13.3 Å². The zero-order valence-corrected chi connectivity index (χ0v) is 6.90. The molecule has 0 aromatic carbocycles. The molecule has 1 rings (SSSR count).